The summed E-state index contributed by atoms with van der Waals surface area (Å²) < 4.78 is 11.5. The number of benzene rings is 1. The van der Waals surface area contributed by atoms with Crippen LogP contribution in [0.1, 0.15) is 36.8 Å². The van der Waals surface area contributed by atoms with Gasteiger partial charge in [-0.1, -0.05) is 6.07 Å². The van der Waals surface area contributed by atoms with E-state index in [9.17, 15) is 0 Å². The molecule has 1 aromatic rings. The molecule has 4 heteroatoms. The average Bonchev–Trinajstić information content (AvgIpc) is 2.62. The highest BCUT2D eigenvalue weighted by atomic mass is 16.5. The van der Waals surface area contributed by atoms with E-state index in [1.807, 2.05) is 0 Å². The Morgan fingerprint density at radius 1 is 1.33 bits per heavy atom. The zero-order valence-electron chi connectivity index (χ0n) is 14.8. The molecule has 1 saturated carbocycles. The first-order chi connectivity index (χ1) is 11.7. The number of aliphatic hydroxyl groups excluding tert-OH is 1. The van der Waals surface area contributed by atoms with Crippen LogP contribution in [0.5, 0.6) is 5.75 Å². The van der Waals surface area contributed by atoms with Gasteiger partial charge in [0.15, 0.2) is 0 Å². The van der Waals surface area contributed by atoms with Gasteiger partial charge < -0.3 is 19.5 Å². The topological polar surface area (TPSA) is 41.9 Å². The van der Waals surface area contributed by atoms with Crippen LogP contribution in [0.25, 0.3) is 0 Å². The Bertz CT molecular complexity index is 605. The molecular formula is C20H29NO3. The van der Waals surface area contributed by atoms with Crippen molar-refractivity contribution in [1.29, 1.82) is 0 Å². The van der Waals surface area contributed by atoms with Crippen molar-refractivity contribution in [2.24, 2.45) is 5.92 Å². The van der Waals surface area contributed by atoms with Gasteiger partial charge in [-0.2, -0.15) is 0 Å². The van der Waals surface area contributed by atoms with Crippen LogP contribution in [0.3, 0.4) is 0 Å². The lowest BCUT2D eigenvalue weighted by Crippen LogP contribution is -2.61. The molecule has 0 spiro atoms. The summed E-state index contributed by atoms with van der Waals surface area (Å²) in [5.41, 5.74) is 3.22. The van der Waals surface area contributed by atoms with E-state index in [4.69, 9.17) is 14.6 Å². The summed E-state index contributed by atoms with van der Waals surface area (Å²) in [6.45, 7) is 1.73. The average molecular weight is 331 g/mol. The van der Waals surface area contributed by atoms with Crippen molar-refractivity contribution < 1.29 is 14.6 Å². The number of rotatable bonds is 4. The highest BCUT2D eigenvalue weighted by Gasteiger charge is 2.55. The SMILES string of the molecule is COc1ccc2c(c1)[C@]13CCN(C)[C@H](C2)[C@H]1CC[C@@H](OCCO)C3. The molecule has 2 aliphatic carbocycles. The van der Waals surface area contributed by atoms with Gasteiger partial charge >= 0.3 is 0 Å². The first kappa shape index (κ1) is 16.4. The summed E-state index contributed by atoms with van der Waals surface area (Å²) in [4.78, 5) is 2.57. The highest BCUT2D eigenvalue weighted by molar-refractivity contribution is 5.45. The first-order valence-corrected chi connectivity index (χ1v) is 9.28. The maximum atomic E-state index is 9.12. The Morgan fingerprint density at radius 3 is 3.00 bits per heavy atom. The van der Waals surface area contributed by atoms with Gasteiger partial charge in [-0.25, -0.2) is 0 Å². The molecule has 1 heterocycles. The Hall–Kier alpha value is -1.10. The highest BCUT2D eigenvalue weighted by Crippen LogP contribution is 2.56. The Balaban J connectivity index is 1.75. The molecule has 4 rings (SSSR count). The molecule has 2 bridgehead atoms. The summed E-state index contributed by atoms with van der Waals surface area (Å²) >= 11 is 0. The number of likely N-dealkylation sites (N-methyl/N-ethyl adjacent to an activating group) is 1. The Labute approximate surface area is 144 Å². The molecule has 4 atom stereocenters. The van der Waals surface area contributed by atoms with E-state index >= 15 is 0 Å². The zero-order chi connectivity index (χ0) is 16.7. The maximum Gasteiger partial charge on any atom is 0.119 e. The summed E-state index contributed by atoms with van der Waals surface area (Å²) in [6.07, 6.45) is 6.06. The van der Waals surface area contributed by atoms with Crippen LogP contribution >= 0.6 is 0 Å². The Morgan fingerprint density at radius 2 is 2.21 bits per heavy atom. The molecule has 1 aromatic carbocycles. The molecule has 0 unspecified atom stereocenters. The minimum absolute atomic E-state index is 0.114. The monoisotopic (exact) mass is 331 g/mol. The van der Waals surface area contributed by atoms with E-state index in [2.05, 4.69) is 30.1 Å². The third-order valence-corrected chi connectivity index (χ3v) is 6.77. The van der Waals surface area contributed by atoms with E-state index in [1.54, 1.807) is 7.11 Å². The number of hydrogen-bond acceptors (Lipinski definition) is 4. The predicted octanol–water partition coefficient (Wildman–Crippen LogP) is 2.37. The van der Waals surface area contributed by atoms with E-state index in [0.717, 1.165) is 31.6 Å². The lowest BCUT2D eigenvalue weighted by molar-refractivity contribution is -0.0703. The molecule has 4 nitrogen and oxygen atoms in total. The largest absolute Gasteiger partial charge is 0.497 e. The normalized spacial score (nSPS) is 35.2. The first-order valence-electron chi connectivity index (χ1n) is 9.28. The number of fused-ring (bicyclic) bond motifs is 1. The third kappa shape index (κ3) is 2.47. The molecule has 1 saturated heterocycles. The van der Waals surface area contributed by atoms with Crippen molar-refractivity contribution in [3.63, 3.8) is 0 Å². The second kappa shape index (κ2) is 6.32. The van der Waals surface area contributed by atoms with Crippen molar-refractivity contribution >= 4 is 0 Å². The van der Waals surface area contributed by atoms with Crippen LogP contribution in [-0.4, -0.2) is 56.1 Å². The standard InChI is InChI=1S/C20H29NO3/c1-21-8-7-20-13-16(24-10-9-22)5-6-17(20)19(21)11-14-3-4-15(23-2)12-18(14)20/h3-4,12,16-17,19,22H,5-11,13H2,1-2H3/t16-,17-,19-,20+/m1/s1. The van der Waals surface area contributed by atoms with Gasteiger partial charge in [0.25, 0.3) is 0 Å². The number of likely N-dealkylation sites (tertiary alicyclic amines) is 1. The lowest BCUT2D eigenvalue weighted by Gasteiger charge is -2.59. The summed E-state index contributed by atoms with van der Waals surface area (Å²) in [6, 6.07) is 7.32. The van der Waals surface area contributed by atoms with Gasteiger partial charge in [-0.05, 0) is 74.9 Å². The molecule has 0 aromatic heterocycles. The molecule has 1 N–H and O–H groups in total. The fraction of sp³-hybridized carbons (Fsp3) is 0.700. The molecular weight excluding hydrogens is 302 g/mol. The van der Waals surface area contributed by atoms with E-state index in [-0.39, 0.29) is 18.1 Å². The smallest absolute Gasteiger partial charge is 0.119 e. The lowest BCUT2D eigenvalue weighted by atomic mass is 9.52. The van der Waals surface area contributed by atoms with Gasteiger partial charge in [-0.3, -0.25) is 0 Å². The van der Waals surface area contributed by atoms with Crippen molar-refractivity contribution in [3.05, 3.63) is 29.3 Å². The van der Waals surface area contributed by atoms with Gasteiger partial charge in [-0.15, -0.1) is 0 Å². The predicted molar refractivity (Wildman–Crippen MR) is 93.6 cm³/mol. The Kier molecular flexibility index (Phi) is 4.31. The second-order valence-electron chi connectivity index (χ2n) is 7.79. The summed E-state index contributed by atoms with van der Waals surface area (Å²) in [5, 5.41) is 9.12. The van der Waals surface area contributed by atoms with Crippen LogP contribution < -0.4 is 4.74 Å². The third-order valence-electron chi connectivity index (χ3n) is 6.77. The zero-order valence-corrected chi connectivity index (χ0v) is 14.8. The number of ether oxygens (including phenoxy) is 2. The van der Waals surface area contributed by atoms with E-state index in [0.29, 0.717) is 18.6 Å². The van der Waals surface area contributed by atoms with Crippen molar-refractivity contribution in [2.45, 2.75) is 49.7 Å². The molecule has 0 radical (unpaired) electrons. The van der Waals surface area contributed by atoms with Gasteiger partial charge in [0.2, 0.25) is 0 Å². The van der Waals surface area contributed by atoms with Crippen LogP contribution in [0.15, 0.2) is 18.2 Å². The quantitative estimate of drug-likeness (QED) is 0.920. The minimum atomic E-state index is 0.114. The van der Waals surface area contributed by atoms with Gasteiger partial charge in [0.1, 0.15) is 5.75 Å². The molecule has 3 aliphatic rings. The molecule has 132 valence electrons. The number of nitrogens with zero attached hydrogens (tertiary/aromatic N) is 1. The fourth-order valence-electron chi connectivity index (χ4n) is 5.65. The number of aliphatic hydroxyl groups is 1. The van der Waals surface area contributed by atoms with E-state index in [1.165, 1.54) is 24.0 Å². The second-order valence-corrected chi connectivity index (χ2v) is 7.79. The summed E-state index contributed by atoms with van der Waals surface area (Å²) in [7, 11) is 4.04. The molecule has 2 fully saturated rings. The summed E-state index contributed by atoms with van der Waals surface area (Å²) in [5.74, 6) is 1.68. The number of piperidine rings is 1. The molecule has 1 aliphatic heterocycles. The van der Waals surface area contributed by atoms with Crippen molar-refractivity contribution in [1.82, 2.24) is 4.90 Å². The molecule has 24 heavy (non-hydrogen) atoms. The van der Waals surface area contributed by atoms with Crippen LogP contribution in [0, 0.1) is 5.92 Å². The fourth-order valence-corrected chi connectivity index (χ4v) is 5.65. The van der Waals surface area contributed by atoms with Crippen LogP contribution in [0.2, 0.25) is 0 Å². The van der Waals surface area contributed by atoms with Gasteiger partial charge in [0.05, 0.1) is 26.4 Å². The number of hydrogen-bond donors (Lipinski definition) is 1. The van der Waals surface area contributed by atoms with Crippen LogP contribution in [0.4, 0.5) is 0 Å². The number of methoxy groups -OCH3 is 1. The van der Waals surface area contributed by atoms with E-state index < -0.39 is 0 Å². The van der Waals surface area contributed by atoms with Gasteiger partial charge in [0, 0.05) is 11.5 Å². The van der Waals surface area contributed by atoms with Crippen molar-refractivity contribution in [2.75, 3.05) is 33.9 Å². The van der Waals surface area contributed by atoms with Crippen LogP contribution in [-0.2, 0) is 16.6 Å². The maximum absolute atomic E-state index is 9.12. The molecule has 0 amide bonds. The minimum Gasteiger partial charge on any atom is -0.497 e. The van der Waals surface area contributed by atoms with Crippen molar-refractivity contribution in [3.8, 4) is 5.75 Å².